The quantitative estimate of drug-likeness (QED) is 0.0195. The molecule has 1 aliphatic heterocycles. The predicted octanol–water partition coefficient (Wildman–Crippen LogP) is 17.8. The highest BCUT2D eigenvalue weighted by atomic mass is 16.7. The van der Waals surface area contributed by atoms with Gasteiger partial charge in [0.05, 0.1) is 25.4 Å². The van der Waals surface area contributed by atoms with E-state index in [-0.39, 0.29) is 13.0 Å². The van der Waals surface area contributed by atoms with Gasteiger partial charge in [0.2, 0.25) is 5.91 Å². The van der Waals surface area contributed by atoms with E-state index in [2.05, 4.69) is 50.4 Å². The van der Waals surface area contributed by atoms with Crippen LogP contribution in [0.3, 0.4) is 0 Å². The molecule has 0 aromatic rings. The molecule has 1 saturated heterocycles. The highest BCUT2D eigenvalue weighted by Crippen LogP contribution is 2.26. The van der Waals surface area contributed by atoms with Gasteiger partial charge in [-0.05, 0) is 57.8 Å². The first-order valence-electron chi connectivity index (χ1n) is 35.3. The van der Waals surface area contributed by atoms with Gasteiger partial charge in [0, 0.05) is 6.42 Å². The largest absolute Gasteiger partial charge is 0.454 e. The maximum absolute atomic E-state index is 13.5. The SMILES string of the molecule is CCCCC/C=C\C/C=C\CCCCCCCCCCCCCCC(O)C(=O)NC(COC1OC(CO)C(O)C(O)C1OC(=O)CCCCCCCCCCCCCCCCCCCCC)C(O)/C=C/CCCCCCCCCCCC. The Kier molecular flexibility index (Phi) is 56.3. The molecule has 482 valence electrons. The van der Waals surface area contributed by atoms with Crippen LogP contribution in [0.15, 0.2) is 36.5 Å². The number of aliphatic hydroxyl groups excluding tert-OH is 5. The van der Waals surface area contributed by atoms with E-state index in [1.807, 2.05) is 6.08 Å². The van der Waals surface area contributed by atoms with Gasteiger partial charge in [-0.15, -0.1) is 0 Å². The van der Waals surface area contributed by atoms with Gasteiger partial charge in [0.25, 0.3) is 0 Å². The van der Waals surface area contributed by atoms with Crippen LogP contribution < -0.4 is 5.32 Å². The number of nitrogens with one attached hydrogen (secondary N) is 1. The predicted molar refractivity (Wildman–Crippen MR) is 343 cm³/mol. The number of hydrogen-bond acceptors (Lipinski definition) is 10. The van der Waals surface area contributed by atoms with E-state index in [1.54, 1.807) is 6.08 Å². The van der Waals surface area contributed by atoms with Gasteiger partial charge in [0.15, 0.2) is 12.4 Å². The molecule has 1 heterocycles. The van der Waals surface area contributed by atoms with Crippen LogP contribution in [0, 0.1) is 0 Å². The summed E-state index contributed by atoms with van der Waals surface area (Å²) in [5, 5.41) is 57.2. The van der Waals surface area contributed by atoms with Crippen molar-refractivity contribution in [3.8, 4) is 0 Å². The van der Waals surface area contributed by atoms with Gasteiger partial charge in [-0.25, -0.2) is 0 Å². The Morgan fingerprint density at radius 3 is 1.27 bits per heavy atom. The second-order valence-electron chi connectivity index (χ2n) is 24.6. The number of unbranched alkanes of at least 4 members (excludes halogenated alkanes) is 43. The summed E-state index contributed by atoms with van der Waals surface area (Å²) in [7, 11) is 0. The summed E-state index contributed by atoms with van der Waals surface area (Å²) in [5.41, 5.74) is 0. The van der Waals surface area contributed by atoms with Crippen LogP contribution in [0.2, 0.25) is 0 Å². The molecular weight excluding hydrogens is 1030 g/mol. The van der Waals surface area contributed by atoms with Gasteiger partial charge in [-0.1, -0.05) is 314 Å². The molecule has 0 saturated carbocycles. The van der Waals surface area contributed by atoms with Crippen molar-refractivity contribution in [2.75, 3.05) is 13.2 Å². The van der Waals surface area contributed by atoms with Crippen molar-refractivity contribution < 1.29 is 49.3 Å². The molecule has 0 radical (unpaired) electrons. The second-order valence-corrected chi connectivity index (χ2v) is 24.6. The van der Waals surface area contributed by atoms with Crippen LogP contribution in [-0.2, 0) is 23.8 Å². The zero-order valence-corrected chi connectivity index (χ0v) is 53.6. The van der Waals surface area contributed by atoms with E-state index in [0.29, 0.717) is 19.3 Å². The summed E-state index contributed by atoms with van der Waals surface area (Å²) in [6.07, 6.45) is 61.8. The molecule has 0 aromatic carbocycles. The minimum absolute atomic E-state index is 0.129. The molecule has 1 amide bonds. The third-order valence-electron chi connectivity index (χ3n) is 16.8. The Morgan fingerprint density at radius 2 is 0.841 bits per heavy atom. The van der Waals surface area contributed by atoms with Gasteiger partial charge >= 0.3 is 5.97 Å². The van der Waals surface area contributed by atoms with Crippen molar-refractivity contribution in [2.24, 2.45) is 0 Å². The fourth-order valence-corrected chi connectivity index (χ4v) is 11.2. The molecule has 11 heteroatoms. The maximum atomic E-state index is 13.5. The molecule has 1 fully saturated rings. The Balaban J connectivity index is 2.58. The van der Waals surface area contributed by atoms with Gasteiger partial charge in [-0.2, -0.15) is 0 Å². The number of carbonyl (C=O) groups is 2. The fourth-order valence-electron chi connectivity index (χ4n) is 11.2. The topological polar surface area (TPSA) is 175 Å². The van der Waals surface area contributed by atoms with E-state index < -0.39 is 67.4 Å². The Labute approximate surface area is 504 Å². The van der Waals surface area contributed by atoms with Gasteiger partial charge in [-0.3, -0.25) is 9.59 Å². The highest BCUT2D eigenvalue weighted by molar-refractivity contribution is 5.80. The zero-order chi connectivity index (χ0) is 59.6. The monoisotopic (exact) mass is 1160 g/mol. The Morgan fingerprint density at radius 1 is 0.476 bits per heavy atom. The van der Waals surface area contributed by atoms with Crippen molar-refractivity contribution in [1.29, 1.82) is 0 Å². The second kappa shape index (κ2) is 59.2. The third-order valence-corrected chi connectivity index (χ3v) is 16.8. The minimum atomic E-state index is -1.61. The summed E-state index contributed by atoms with van der Waals surface area (Å²) >= 11 is 0. The van der Waals surface area contributed by atoms with E-state index in [0.717, 1.165) is 64.2 Å². The lowest BCUT2D eigenvalue weighted by Gasteiger charge is -2.41. The number of aliphatic hydroxyl groups is 5. The zero-order valence-electron chi connectivity index (χ0n) is 53.6. The molecule has 1 aliphatic rings. The third kappa shape index (κ3) is 46.1. The van der Waals surface area contributed by atoms with Crippen LogP contribution in [0.4, 0.5) is 0 Å². The first-order chi connectivity index (χ1) is 40.2. The molecule has 0 spiro atoms. The first kappa shape index (κ1) is 77.9. The lowest BCUT2D eigenvalue weighted by molar-refractivity contribution is -0.305. The summed E-state index contributed by atoms with van der Waals surface area (Å²) < 4.78 is 17.7. The highest BCUT2D eigenvalue weighted by Gasteiger charge is 2.47. The van der Waals surface area contributed by atoms with Crippen LogP contribution in [0.5, 0.6) is 0 Å². The van der Waals surface area contributed by atoms with E-state index in [9.17, 15) is 35.1 Å². The summed E-state index contributed by atoms with van der Waals surface area (Å²) in [4.78, 5) is 26.7. The molecule has 82 heavy (non-hydrogen) atoms. The van der Waals surface area contributed by atoms with Crippen molar-refractivity contribution in [1.82, 2.24) is 5.32 Å². The number of carbonyl (C=O) groups excluding carboxylic acids is 2. The van der Waals surface area contributed by atoms with Gasteiger partial charge < -0.3 is 45.1 Å². The van der Waals surface area contributed by atoms with E-state index >= 15 is 0 Å². The smallest absolute Gasteiger partial charge is 0.306 e. The summed E-state index contributed by atoms with van der Waals surface area (Å²) in [6.45, 7) is 5.82. The molecule has 0 aromatic heterocycles. The molecule has 0 aliphatic carbocycles. The van der Waals surface area contributed by atoms with Crippen molar-refractivity contribution in [2.45, 2.75) is 391 Å². The average molecular weight is 1160 g/mol. The maximum Gasteiger partial charge on any atom is 0.306 e. The van der Waals surface area contributed by atoms with Crippen LogP contribution >= 0.6 is 0 Å². The molecule has 1 rings (SSSR count). The van der Waals surface area contributed by atoms with Crippen molar-refractivity contribution in [3.05, 3.63) is 36.5 Å². The van der Waals surface area contributed by atoms with Crippen molar-refractivity contribution in [3.63, 3.8) is 0 Å². The number of allylic oxidation sites excluding steroid dienone is 5. The lowest BCUT2D eigenvalue weighted by atomic mass is 9.99. The van der Waals surface area contributed by atoms with E-state index in [1.165, 1.54) is 231 Å². The molecule has 0 bridgehead atoms. The number of amides is 1. The standard InChI is InChI=1S/C71H133NO10/c1-4-7-10-13-16-19-22-25-27-29-31-32-33-35-36-38-40-43-46-49-52-55-58-64(75)70(79)72-62(63(74)57-54-51-48-45-42-24-21-18-15-12-9-6-3)61-80-71-69(68(78)67(77)65(60-73)81-71)82-66(76)59-56-53-50-47-44-41-39-37-34-30-28-26-23-20-17-14-11-8-5-2/h16,19,25,27,54,57,62-65,67-69,71,73-75,77-78H,4-15,17-18,20-24,26,28-53,55-56,58-61H2,1-3H3,(H,72,79)/b19-16-,27-25-,57-54+. The average Bonchev–Trinajstić information content (AvgIpc) is 3.68. The first-order valence-corrected chi connectivity index (χ1v) is 35.3. The summed E-state index contributed by atoms with van der Waals surface area (Å²) in [5.74, 6) is -1.18. The van der Waals surface area contributed by atoms with Crippen molar-refractivity contribution >= 4 is 11.9 Å². The number of esters is 1. The fraction of sp³-hybridized carbons (Fsp3) is 0.887. The van der Waals surface area contributed by atoms with Gasteiger partial charge in [0.1, 0.15) is 24.4 Å². The molecule has 8 atom stereocenters. The normalized spacial score (nSPS) is 18.8. The Hall–Kier alpha value is -2.12. The van der Waals surface area contributed by atoms with E-state index in [4.69, 9.17) is 14.2 Å². The molecular formula is C71H133NO10. The number of ether oxygens (including phenoxy) is 3. The Bertz CT molecular complexity index is 1470. The lowest BCUT2D eigenvalue weighted by Crippen LogP contribution is -2.61. The molecule has 6 N–H and O–H groups in total. The van der Waals surface area contributed by atoms with Crippen LogP contribution in [0.25, 0.3) is 0 Å². The molecule has 11 nitrogen and oxygen atoms in total. The van der Waals surface area contributed by atoms with Crippen LogP contribution in [0.1, 0.15) is 342 Å². The van der Waals surface area contributed by atoms with Crippen LogP contribution in [-0.4, -0.2) is 99.6 Å². The number of hydrogen-bond donors (Lipinski definition) is 6. The number of rotatable bonds is 61. The minimum Gasteiger partial charge on any atom is -0.454 e. The summed E-state index contributed by atoms with van der Waals surface area (Å²) in [6, 6.07) is -1.02. The molecule has 8 unspecified atom stereocenters.